The zero-order valence-corrected chi connectivity index (χ0v) is 12.3. The number of benzene rings is 1. The van der Waals surface area contributed by atoms with Gasteiger partial charge in [-0.3, -0.25) is 4.79 Å². The molecule has 0 saturated heterocycles. The van der Waals surface area contributed by atoms with Crippen LogP contribution in [-0.4, -0.2) is 47.2 Å². The molecule has 22 heavy (non-hydrogen) atoms. The van der Waals surface area contributed by atoms with Crippen LogP contribution in [0.2, 0.25) is 0 Å². The summed E-state index contributed by atoms with van der Waals surface area (Å²) in [6, 6.07) is 4.15. The van der Waals surface area contributed by atoms with Crippen LogP contribution in [0.5, 0.6) is 0 Å². The van der Waals surface area contributed by atoms with Gasteiger partial charge in [-0.1, -0.05) is 12.1 Å². The average Bonchev–Trinajstić information content (AvgIpc) is 2.87. The van der Waals surface area contributed by atoms with Crippen molar-refractivity contribution in [2.45, 2.75) is 19.4 Å². The van der Waals surface area contributed by atoms with Crippen molar-refractivity contribution in [3.05, 3.63) is 30.0 Å². The number of hydrogen-bond acceptors (Lipinski definition) is 5. The number of carbonyl (C=O) groups is 2. The van der Waals surface area contributed by atoms with Gasteiger partial charge in [0.05, 0.1) is 7.11 Å². The lowest BCUT2D eigenvalue weighted by Gasteiger charge is -2.15. The van der Waals surface area contributed by atoms with E-state index in [2.05, 4.69) is 10.3 Å². The molecule has 1 heterocycles. The second-order valence-electron chi connectivity index (χ2n) is 4.97. The first-order valence-electron chi connectivity index (χ1n) is 6.73. The number of aromatic amines is 1. The highest BCUT2D eigenvalue weighted by molar-refractivity contribution is 6.58. The predicted molar refractivity (Wildman–Crippen MR) is 81.4 cm³/mol. The summed E-state index contributed by atoms with van der Waals surface area (Å²) in [6.45, 7) is 1.32. The summed E-state index contributed by atoms with van der Waals surface area (Å²) in [5, 5.41) is 21.8. The van der Waals surface area contributed by atoms with E-state index in [4.69, 9.17) is 4.74 Å². The molecule has 0 radical (unpaired) electrons. The number of aromatic nitrogens is 1. The first-order chi connectivity index (χ1) is 10.4. The summed E-state index contributed by atoms with van der Waals surface area (Å²) in [7, 11) is -0.314. The molecule has 0 saturated carbocycles. The van der Waals surface area contributed by atoms with Gasteiger partial charge in [0.2, 0.25) is 5.91 Å². The fraction of sp³-hybridized carbons (Fsp3) is 0.286. The van der Waals surface area contributed by atoms with E-state index in [1.807, 2.05) is 0 Å². The van der Waals surface area contributed by atoms with Crippen LogP contribution in [0.25, 0.3) is 10.9 Å². The van der Waals surface area contributed by atoms with E-state index in [0.717, 1.165) is 16.5 Å². The Morgan fingerprint density at radius 3 is 2.73 bits per heavy atom. The number of esters is 1. The lowest BCUT2D eigenvalue weighted by Crippen LogP contribution is -2.42. The standard InChI is InChI=1S/C14H17BN2O5/c1-8(18)17-13(14(19)22-2)5-9-7-16-12-4-3-10(15(20)21)6-11(9)12/h3-4,6-7,13,16,20-21H,5H2,1-2H3,(H,17,18). The first-order valence-corrected chi connectivity index (χ1v) is 6.73. The zero-order chi connectivity index (χ0) is 16.3. The van der Waals surface area contributed by atoms with Gasteiger partial charge in [0.25, 0.3) is 0 Å². The maximum absolute atomic E-state index is 11.8. The van der Waals surface area contributed by atoms with Crippen LogP contribution >= 0.6 is 0 Å². The maximum atomic E-state index is 11.8. The molecule has 4 N–H and O–H groups in total. The number of nitrogens with one attached hydrogen (secondary N) is 2. The summed E-state index contributed by atoms with van der Waals surface area (Å²) in [5.41, 5.74) is 1.91. The van der Waals surface area contributed by atoms with Gasteiger partial charge in [-0.25, -0.2) is 4.79 Å². The molecule has 1 aromatic heterocycles. The minimum atomic E-state index is -1.57. The van der Waals surface area contributed by atoms with E-state index in [1.165, 1.54) is 14.0 Å². The number of hydrogen-bond donors (Lipinski definition) is 4. The van der Waals surface area contributed by atoms with Crippen LogP contribution in [0.15, 0.2) is 24.4 Å². The molecule has 8 heteroatoms. The molecule has 2 rings (SSSR count). The zero-order valence-electron chi connectivity index (χ0n) is 12.3. The van der Waals surface area contributed by atoms with Crippen LogP contribution in [0.3, 0.4) is 0 Å². The van der Waals surface area contributed by atoms with Gasteiger partial charge in [-0.05, 0) is 17.1 Å². The number of ether oxygens (including phenoxy) is 1. The number of fused-ring (bicyclic) bond motifs is 1. The smallest absolute Gasteiger partial charge is 0.467 e. The third kappa shape index (κ3) is 3.47. The SMILES string of the molecule is COC(=O)C(Cc1c[nH]c2ccc(B(O)O)cc12)NC(C)=O. The van der Waals surface area contributed by atoms with Crippen molar-refractivity contribution < 1.29 is 24.4 Å². The Labute approximate surface area is 127 Å². The number of H-pyrrole nitrogens is 1. The third-order valence-corrected chi connectivity index (χ3v) is 3.38. The van der Waals surface area contributed by atoms with Crippen LogP contribution in [-0.2, 0) is 20.7 Å². The lowest BCUT2D eigenvalue weighted by molar-refractivity contribution is -0.144. The van der Waals surface area contributed by atoms with Gasteiger partial charge in [0.15, 0.2) is 0 Å². The minimum Gasteiger partial charge on any atom is -0.467 e. The minimum absolute atomic E-state index is 0.233. The molecule has 0 aliphatic carbocycles. The molecule has 2 aromatic rings. The van der Waals surface area contributed by atoms with Crippen molar-refractivity contribution in [2.75, 3.05) is 7.11 Å². The fourth-order valence-electron chi connectivity index (χ4n) is 2.33. The van der Waals surface area contributed by atoms with E-state index < -0.39 is 19.1 Å². The highest BCUT2D eigenvalue weighted by Crippen LogP contribution is 2.19. The van der Waals surface area contributed by atoms with Crippen molar-refractivity contribution in [2.24, 2.45) is 0 Å². The monoisotopic (exact) mass is 304 g/mol. The average molecular weight is 304 g/mol. The number of carbonyl (C=O) groups excluding carboxylic acids is 2. The summed E-state index contributed by atoms with van der Waals surface area (Å²) < 4.78 is 4.69. The molecule has 0 spiro atoms. The quantitative estimate of drug-likeness (QED) is 0.421. The molecule has 0 fully saturated rings. The number of methoxy groups -OCH3 is 1. The van der Waals surface area contributed by atoms with Gasteiger partial charge in [-0.2, -0.15) is 0 Å². The van der Waals surface area contributed by atoms with Gasteiger partial charge >= 0.3 is 13.1 Å². The molecule has 1 atom stereocenters. The second-order valence-corrected chi connectivity index (χ2v) is 4.97. The van der Waals surface area contributed by atoms with Crippen LogP contribution < -0.4 is 10.8 Å². The first kappa shape index (κ1) is 16.1. The van der Waals surface area contributed by atoms with E-state index in [9.17, 15) is 19.6 Å². The van der Waals surface area contributed by atoms with E-state index in [1.54, 1.807) is 24.4 Å². The van der Waals surface area contributed by atoms with Crippen LogP contribution in [0, 0.1) is 0 Å². The molecule has 0 aliphatic heterocycles. The maximum Gasteiger partial charge on any atom is 0.488 e. The van der Waals surface area contributed by atoms with Crippen molar-refractivity contribution in [3.63, 3.8) is 0 Å². The largest absolute Gasteiger partial charge is 0.488 e. The summed E-state index contributed by atoms with van der Waals surface area (Å²) >= 11 is 0. The predicted octanol–water partition coefficient (Wildman–Crippen LogP) is -0.932. The highest BCUT2D eigenvalue weighted by atomic mass is 16.5. The van der Waals surface area contributed by atoms with Crippen molar-refractivity contribution in [1.29, 1.82) is 0 Å². The summed E-state index contributed by atoms with van der Waals surface area (Å²) in [5.74, 6) is -0.871. The Balaban J connectivity index is 2.34. The van der Waals surface area contributed by atoms with Gasteiger partial charge < -0.3 is 25.1 Å². The van der Waals surface area contributed by atoms with Gasteiger partial charge in [-0.15, -0.1) is 0 Å². The molecule has 1 amide bonds. The fourth-order valence-corrected chi connectivity index (χ4v) is 2.33. The molecule has 0 aliphatic rings. The Bertz CT molecular complexity index is 698. The molecule has 1 unspecified atom stereocenters. The van der Waals surface area contributed by atoms with E-state index in [0.29, 0.717) is 5.46 Å². The molecular formula is C14H17BN2O5. The third-order valence-electron chi connectivity index (χ3n) is 3.38. The van der Waals surface area contributed by atoms with Crippen molar-refractivity contribution in [3.8, 4) is 0 Å². The van der Waals surface area contributed by atoms with Gasteiger partial charge in [0, 0.05) is 30.4 Å². The second kappa shape index (κ2) is 6.63. The molecular weight excluding hydrogens is 287 g/mol. The van der Waals surface area contributed by atoms with E-state index in [-0.39, 0.29) is 12.3 Å². The highest BCUT2D eigenvalue weighted by Gasteiger charge is 2.22. The van der Waals surface area contributed by atoms with Crippen molar-refractivity contribution >= 4 is 35.4 Å². The number of rotatable bonds is 5. The van der Waals surface area contributed by atoms with Crippen molar-refractivity contribution in [1.82, 2.24) is 10.3 Å². The summed E-state index contributed by atoms with van der Waals surface area (Å²) in [4.78, 5) is 26.0. The topological polar surface area (TPSA) is 112 Å². The molecule has 7 nitrogen and oxygen atoms in total. The normalized spacial score (nSPS) is 12.0. The summed E-state index contributed by atoms with van der Waals surface area (Å²) in [6.07, 6.45) is 1.95. The Morgan fingerprint density at radius 1 is 1.41 bits per heavy atom. The molecule has 0 bridgehead atoms. The Kier molecular flexibility index (Phi) is 4.84. The number of amides is 1. The van der Waals surface area contributed by atoms with Crippen LogP contribution in [0.1, 0.15) is 12.5 Å². The molecule has 1 aromatic carbocycles. The Morgan fingerprint density at radius 2 is 2.14 bits per heavy atom. The Hall–Kier alpha value is -2.32. The van der Waals surface area contributed by atoms with E-state index >= 15 is 0 Å². The van der Waals surface area contributed by atoms with Gasteiger partial charge in [0.1, 0.15) is 6.04 Å². The van der Waals surface area contributed by atoms with Crippen LogP contribution in [0.4, 0.5) is 0 Å². The molecule has 116 valence electrons. The lowest BCUT2D eigenvalue weighted by atomic mass is 9.79.